The predicted octanol–water partition coefficient (Wildman–Crippen LogP) is 1.67. The van der Waals surface area contributed by atoms with Crippen LogP contribution in [-0.2, 0) is 4.74 Å². The lowest BCUT2D eigenvalue weighted by Crippen LogP contribution is -2.45. The first-order valence-corrected chi connectivity index (χ1v) is 4.60. The molecule has 0 aromatic heterocycles. The van der Waals surface area contributed by atoms with E-state index in [9.17, 15) is 0 Å². The van der Waals surface area contributed by atoms with Crippen LogP contribution >= 0.6 is 0 Å². The molecule has 2 nitrogen and oxygen atoms in total. The van der Waals surface area contributed by atoms with E-state index < -0.39 is 0 Å². The van der Waals surface area contributed by atoms with Gasteiger partial charge < -0.3 is 4.74 Å². The topological polar surface area (TPSA) is 12.5 Å². The highest BCUT2D eigenvalue weighted by atomic mass is 16.5. The molecular weight excluding hydrogens is 150 g/mol. The fourth-order valence-electron chi connectivity index (χ4n) is 1.80. The van der Waals surface area contributed by atoms with E-state index in [1.807, 2.05) is 0 Å². The number of rotatable bonds is 2. The summed E-state index contributed by atoms with van der Waals surface area (Å²) in [5.74, 6) is 0. The summed E-state index contributed by atoms with van der Waals surface area (Å²) in [6.07, 6.45) is 0.737. The number of hydrogen-bond acceptors (Lipinski definition) is 2. The van der Waals surface area contributed by atoms with Crippen molar-refractivity contribution in [2.45, 2.75) is 33.0 Å². The standard InChI is InChI=1S/C10H19NO/c1-8(2)5-11-6-9(3)12-10(4)7-11/h9-10H,1,5-7H2,2-4H3. The molecule has 0 aliphatic carbocycles. The highest BCUT2D eigenvalue weighted by Gasteiger charge is 2.21. The van der Waals surface area contributed by atoms with Gasteiger partial charge in [0.25, 0.3) is 0 Å². The van der Waals surface area contributed by atoms with Crippen LogP contribution in [0.15, 0.2) is 12.2 Å². The smallest absolute Gasteiger partial charge is 0.0678 e. The summed E-state index contributed by atoms with van der Waals surface area (Å²) >= 11 is 0. The van der Waals surface area contributed by atoms with Gasteiger partial charge in [-0.15, -0.1) is 0 Å². The lowest BCUT2D eigenvalue weighted by Gasteiger charge is -2.35. The summed E-state index contributed by atoms with van der Waals surface area (Å²) in [6, 6.07) is 0. The molecule has 0 N–H and O–H groups in total. The Bertz CT molecular complexity index is 157. The van der Waals surface area contributed by atoms with Gasteiger partial charge in [-0.25, -0.2) is 0 Å². The Labute approximate surface area is 75.2 Å². The van der Waals surface area contributed by atoms with E-state index >= 15 is 0 Å². The third-order valence-electron chi connectivity index (χ3n) is 1.99. The van der Waals surface area contributed by atoms with Crippen molar-refractivity contribution in [2.24, 2.45) is 0 Å². The van der Waals surface area contributed by atoms with Gasteiger partial charge in [-0.3, -0.25) is 4.90 Å². The van der Waals surface area contributed by atoms with Gasteiger partial charge in [0.15, 0.2) is 0 Å². The molecule has 1 heterocycles. The SMILES string of the molecule is C=C(C)CN1CC(C)OC(C)C1. The first kappa shape index (κ1) is 9.75. The van der Waals surface area contributed by atoms with Gasteiger partial charge in [-0.1, -0.05) is 12.2 Å². The molecule has 0 amide bonds. The van der Waals surface area contributed by atoms with E-state index in [1.54, 1.807) is 0 Å². The largest absolute Gasteiger partial charge is 0.373 e. The van der Waals surface area contributed by atoms with Gasteiger partial charge in [0.1, 0.15) is 0 Å². The molecule has 12 heavy (non-hydrogen) atoms. The minimum atomic E-state index is 0.369. The molecule has 0 saturated carbocycles. The minimum Gasteiger partial charge on any atom is -0.373 e. The quantitative estimate of drug-likeness (QED) is 0.583. The van der Waals surface area contributed by atoms with E-state index in [4.69, 9.17) is 4.74 Å². The van der Waals surface area contributed by atoms with Crippen LogP contribution in [0.25, 0.3) is 0 Å². The summed E-state index contributed by atoms with van der Waals surface area (Å²) in [5, 5.41) is 0. The van der Waals surface area contributed by atoms with Crippen LogP contribution in [0.4, 0.5) is 0 Å². The maximum absolute atomic E-state index is 5.63. The van der Waals surface area contributed by atoms with Crippen molar-refractivity contribution in [1.29, 1.82) is 0 Å². The fourth-order valence-corrected chi connectivity index (χ4v) is 1.80. The van der Waals surface area contributed by atoms with Crippen LogP contribution in [0.1, 0.15) is 20.8 Å². The Morgan fingerprint density at radius 3 is 2.33 bits per heavy atom. The Balaban J connectivity index is 2.38. The molecule has 1 saturated heterocycles. The zero-order chi connectivity index (χ0) is 9.14. The maximum atomic E-state index is 5.63. The number of hydrogen-bond donors (Lipinski definition) is 0. The first-order chi connectivity index (χ1) is 5.58. The lowest BCUT2D eigenvalue weighted by molar-refractivity contribution is -0.0652. The van der Waals surface area contributed by atoms with Crippen molar-refractivity contribution in [3.05, 3.63) is 12.2 Å². The molecular formula is C10H19NO. The Hall–Kier alpha value is -0.340. The van der Waals surface area contributed by atoms with E-state index in [0.29, 0.717) is 12.2 Å². The summed E-state index contributed by atoms with van der Waals surface area (Å²) in [6.45, 7) is 13.3. The summed E-state index contributed by atoms with van der Waals surface area (Å²) in [7, 11) is 0. The van der Waals surface area contributed by atoms with Crippen LogP contribution in [0, 0.1) is 0 Å². The second-order valence-electron chi connectivity index (χ2n) is 3.91. The van der Waals surface area contributed by atoms with Crippen molar-refractivity contribution in [3.8, 4) is 0 Å². The fraction of sp³-hybridized carbons (Fsp3) is 0.800. The van der Waals surface area contributed by atoms with Crippen molar-refractivity contribution in [1.82, 2.24) is 4.90 Å². The van der Waals surface area contributed by atoms with Gasteiger partial charge in [0.2, 0.25) is 0 Å². The average molecular weight is 169 g/mol. The molecule has 2 atom stereocenters. The maximum Gasteiger partial charge on any atom is 0.0678 e. The average Bonchev–Trinajstić information content (AvgIpc) is 1.81. The molecule has 70 valence electrons. The molecule has 0 spiro atoms. The first-order valence-electron chi connectivity index (χ1n) is 4.60. The molecule has 2 heteroatoms. The monoisotopic (exact) mass is 169 g/mol. The van der Waals surface area contributed by atoms with Gasteiger partial charge in [-0.2, -0.15) is 0 Å². The molecule has 1 aliphatic rings. The molecule has 1 aliphatic heterocycles. The van der Waals surface area contributed by atoms with E-state index in [0.717, 1.165) is 19.6 Å². The van der Waals surface area contributed by atoms with Crippen molar-refractivity contribution in [2.75, 3.05) is 19.6 Å². The van der Waals surface area contributed by atoms with Crippen molar-refractivity contribution in [3.63, 3.8) is 0 Å². The van der Waals surface area contributed by atoms with Gasteiger partial charge in [-0.05, 0) is 20.8 Å². The molecule has 0 radical (unpaired) electrons. The normalized spacial score (nSPS) is 31.9. The van der Waals surface area contributed by atoms with Gasteiger partial charge in [0.05, 0.1) is 12.2 Å². The Morgan fingerprint density at radius 1 is 1.42 bits per heavy atom. The third kappa shape index (κ3) is 2.95. The molecule has 1 fully saturated rings. The highest BCUT2D eigenvalue weighted by molar-refractivity contribution is 4.93. The zero-order valence-corrected chi connectivity index (χ0v) is 8.34. The zero-order valence-electron chi connectivity index (χ0n) is 8.34. The van der Waals surface area contributed by atoms with Crippen molar-refractivity contribution < 1.29 is 4.74 Å². The lowest BCUT2D eigenvalue weighted by atomic mass is 10.2. The van der Waals surface area contributed by atoms with Crippen molar-refractivity contribution >= 4 is 0 Å². The van der Waals surface area contributed by atoms with Crippen LogP contribution in [0.3, 0.4) is 0 Å². The Morgan fingerprint density at radius 2 is 1.92 bits per heavy atom. The minimum absolute atomic E-state index is 0.369. The van der Waals surface area contributed by atoms with Crippen LogP contribution < -0.4 is 0 Å². The second-order valence-corrected chi connectivity index (χ2v) is 3.91. The summed E-state index contributed by atoms with van der Waals surface area (Å²) in [5.41, 5.74) is 1.23. The molecule has 1 rings (SSSR count). The van der Waals surface area contributed by atoms with Crippen LogP contribution in [-0.4, -0.2) is 36.7 Å². The van der Waals surface area contributed by atoms with Gasteiger partial charge >= 0.3 is 0 Å². The van der Waals surface area contributed by atoms with Gasteiger partial charge in [0, 0.05) is 19.6 Å². The number of ether oxygens (including phenoxy) is 1. The third-order valence-corrected chi connectivity index (χ3v) is 1.99. The molecule has 0 aromatic carbocycles. The molecule has 0 bridgehead atoms. The van der Waals surface area contributed by atoms with E-state index in [-0.39, 0.29) is 0 Å². The number of nitrogens with zero attached hydrogens (tertiary/aromatic N) is 1. The predicted molar refractivity (Wildman–Crippen MR) is 51.3 cm³/mol. The number of morpholine rings is 1. The molecule has 0 aromatic rings. The highest BCUT2D eigenvalue weighted by Crippen LogP contribution is 2.11. The Kier molecular flexibility index (Phi) is 3.29. The van der Waals surface area contributed by atoms with E-state index in [2.05, 4.69) is 32.3 Å². The van der Waals surface area contributed by atoms with Crippen LogP contribution in [0.5, 0.6) is 0 Å². The summed E-state index contributed by atoms with van der Waals surface area (Å²) < 4.78 is 5.63. The summed E-state index contributed by atoms with van der Waals surface area (Å²) in [4.78, 5) is 2.40. The second kappa shape index (κ2) is 4.06. The van der Waals surface area contributed by atoms with E-state index in [1.165, 1.54) is 5.57 Å². The molecule has 2 unspecified atom stereocenters. The van der Waals surface area contributed by atoms with Crippen LogP contribution in [0.2, 0.25) is 0 Å².